The second-order valence-electron chi connectivity index (χ2n) is 9.35. The highest BCUT2D eigenvalue weighted by atomic mass is 28.4. The van der Waals surface area contributed by atoms with E-state index in [1.54, 1.807) is 0 Å². The molecule has 0 heterocycles. The van der Waals surface area contributed by atoms with E-state index in [1.165, 1.54) is 0 Å². The standard InChI is InChI=1S/C23H46O4Si3/c1-12-23(8,30(14-3,15-4)16-5)27-29(11,13-2)22(6,7)26-28(9,10)21-17-19-25-20-18-24/h13-16,24H,2-5,12,17-21H2,1,6-11H3. The minimum atomic E-state index is -2.53. The highest BCUT2D eigenvalue weighted by Crippen LogP contribution is 2.39. The van der Waals surface area contributed by atoms with Crippen molar-refractivity contribution in [1.29, 1.82) is 0 Å². The van der Waals surface area contributed by atoms with Crippen molar-refractivity contribution in [2.45, 2.75) is 76.7 Å². The lowest BCUT2D eigenvalue weighted by Crippen LogP contribution is -2.67. The molecule has 0 aliphatic carbocycles. The second-order valence-corrected chi connectivity index (χ2v) is 21.8. The lowest BCUT2D eigenvalue weighted by atomic mass is 10.3. The molecule has 4 nitrogen and oxygen atoms in total. The molecule has 0 saturated carbocycles. The normalized spacial score (nSPS) is 16.9. The molecule has 0 aliphatic heterocycles. The van der Waals surface area contributed by atoms with Gasteiger partial charge in [0.25, 0.3) is 0 Å². The summed E-state index contributed by atoms with van der Waals surface area (Å²) < 4.78 is 19.3. The van der Waals surface area contributed by atoms with Crippen LogP contribution in [0.25, 0.3) is 0 Å². The first-order valence-electron chi connectivity index (χ1n) is 10.9. The van der Waals surface area contributed by atoms with Gasteiger partial charge in [-0.1, -0.05) is 29.7 Å². The Balaban J connectivity index is 5.67. The van der Waals surface area contributed by atoms with Crippen molar-refractivity contribution in [3.63, 3.8) is 0 Å². The third kappa shape index (κ3) is 6.98. The molecule has 2 unspecified atom stereocenters. The Morgan fingerprint density at radius 1 is 0.867 bits per heavy atom. The third-order valence-electron chi connectivity index (χ3n) is 6.46. The smallest absolute Gasteiger partial charge is 0.243 e. The average molecular weight is 471 g/mol. The summed E-state index contributed by atoms with van der Waals surface area (Å²) in [7, 11) is -6.79. The highest BCUT2D eigenvalue weighted by molar-refractivity contribution is 6.96. The molecule has 174 valence electrons. The van der Waals surface area contributed by atoms with Gasteiger partial charge in [-0.2, -0.15) is 0 Å². The molecule has 0 radical (unpaired) electrons. The van der Waals surface area contributed by atoms with Crippen LogP contribution in [-0.4, -0.2) is 60.1 Å². The summed E-state index contributed by atoms with van der Waals surface area (Å²) >= 11 is 0. The summed E-state index contributed by atoms with van der Waals surface area (Å²) in [4.78, 5) is 0. The van der Waals surface area contributed by atoms with Gasteiger partial charge in [0.05, 0.1) is 23.7 Å². The Bertz CT molecular complexity index is 569. The van der Waals surface area contributed by atoms with Crippen LogP contribution in [0.2, 0.25) is 25.7 Å². The maximum absolute atomic E-state index is 8.84. The number of hydrogen-bond donors (Lipinski definition) is 1. The summed E-state index contributed by atoms with van der Waals surface area (Å²) in [6.07, 6.45) is 1.76. The first-order valence-corrected chi connectivity index (χ1v) is 18.7. The molecule has 0 saturated heterocycles. The molecular weight excluding hydrogens is 425 g/mol. The zero-order valence-electron chi connectivity index (χ0n) is 20.6. The predicted octanol–water partition coefficient (Wildman–Crippen LogP) is 5.57. The van der Waals surface area contributed by atoms with Crippen LogP contribution in [0.3, 0.4) is 0 Å². The number of aliphatic hydroxyl groups is 1. The van der Waals surface area contributed by atoms with Crippen molar-refractivity contribution in [2.24, 2.45) is 0 Å². The van der Waals surface area contributed by atoms with E-state index in [9.17, 15) is 0 Å². The molecular formula is C23H46O4Si3. The Kier molecular flexibility index (Phi) is 11.7. The Morgan fingerprint density at radius 3 is 1.80 bits per heavy atom. The first-order chi connectivity index (χ1) is 13.8. The van der Waals surface area contributed by atoms with Crippen molar-refractivity contribution in [3.05, 3.63) is 49.1 Å². The van der Waals surface area contributed by atoms with Crippen LogP contribution < -0.4 is 0 Å². The van der Waals surface area contributed by atoms with E-state index in [2.05, 4.69) is 73.7 Å². The maximum atomic E-state index is 8.84. The fraction of sp³-hybridized carbons (Fsp3) is 0.652. The average Bonchev–Trinajstić information content (AvgIpc) is 2.68. The molecule has 0 aromatic heterocycles. The van der Waals surface area contributed by atoms with Crippen LogP contribution in [0.15, 0.2) is 49.1 Å². The Hall–Kier alpha value is -0.549. The van der Waals surface area contributed by atoms with Crippen LogP contribution in [0.1, 0.15) is 40.5 Å². The molecule has 0 aromatic carbocycles. The van der Waals surface area contributed by atoms with Crippen LogP contribution in [0.4, 0.5) is 0 Å². The van der Waals surface area contributed by atoms with Gasteiger partial charge in [-0.25, -0.2) is 0 Å². The maximum Gasteiger partial charge on any atom is 0.243 e. The lowest BCUT2D eigenvalue weighted by Gasteiger charge is -2.52. The van der Waals surface area contributed by atoms with E-state index in [1.807, 2.05) is 22.8 Å². The summed E-state index contributed by atoms with van der Waals surface area (Å²) in [6, 6.07) is 0.985. The molecule has 0 amide bonds. The predicted molar refractivity (Wildman–Crippen MR) is 138 cm³/mol. The van der Waals surface area contributed by atoms with Crippen molar-refractivity contribution in [2.75, 3.05) is 19.8 Å². The fourth-order valence-electron chi connectivity index (χ4n) is 3.85. The topological polar surface area (TPSA) is 47.9 Å². The molecule has 2 atom stereocenters. The Labute approximate surface area is 189 Å². The summed E-state index contributed by atoms with van der Waals surface area (Å²) in [5.41, 5.74) is 8.03. The monoisotopic (exact) mass is 470 g/mol. The molecule has 0 spiro atoms. The van der Waals surface area contributed by atoms with Gasteiger partial charge in [-0.05, 0) is 59.3 Å². The molecule has 0 aliphatic rings. The van der Waals surface area contributed by atoms with E-state index in [0.29, 0.717) is 13.2 Å². The number of ether oxygens (including phenoxy) is 1. The van der Waals surface area contributed by atoms with Crippen LogP contribution in [-0.2, 0) is 13.6 Å². The van der Waals surface area contributed by atoms with Gasteiger partial charge in [0, 0.05) is 6.61 Å². The van der Waals surface area contributed by atoms with Gasteiger partial charge in [0.1, 0.15) is 0 Å². The number of aliphatic hydroxyl groups excluding tert-OH is 1. The summed E-state index contributed by atoms with van der Waals surface area (Å²) in [5, 5.41) is 7.98. The molecule has 0 aromatic rings. The molecule has 0 fully saturated rings. The van der Waals surface area contributed by atoms with Crippen LogP contribution in [0.5, 0.6) is 0 Å². The van der Waals surface area contributed by atoms with Gasteiger partial charge >= 0.3 is 0 Å². The first kappa shape index (κ1) is 29.5. The number of hydrogen-bond acceptors (Lipinski definition) is 4. The van der Waals surface area contributed by atoms with E-state index in [4.69, 9.17) is 18.7 Å². The fourth-order valence-corrected chi connectivity index (χ4v) is 13.6. The summed E-state index contributed by atoms with van der Waals surface area (Å²) in [6.45, 7) is 32.8. The van der Waals surface area contributed by atoms with Gasteiger partial charge in [0.15, 0.2) is 16.4 Å². The Morgan fingerprint density at radius 2 is 1.40 bits per heavy atom. The molecule has 1 N–H and O–H groups in total. The molecule has 30 heavy (non-hydrogen) atoms. The van der Waals surface area contributed by atoms with Gasteiger partial charge in [0.2, 0.25) is 8.32 Å². The molecule has 0 rings (SSSR count). The van der Waals surface area contributed by atoms with Gasteiger partial charge in [-0.15, -0.1) is 26.3 Å². The molecule has 7 heteroatoms. The second kappa shape index (κ2) is 11.9. The largest absolute Gasteiger partial charge is 0.412 e. The third-order valence-corrected chi connectivity index (χ3v) is 18.0. The van der Waals surface area contributed by atoms with Crippen molar-refractivity contribution >= 4 is 24.7 Å². The zero-order chi connectivity index (χ0) is 23.7. The van der Waals surface area contributed by atoms with E-state index < -0.39 is 35.2 Å². The van der Waals surface area contributed by atoms with E-state index in [-0.39, 0.29) is 6.61 Å². The minimum Gasteiger partial charge on any atom is -0.412 e. The van der Waals surface area contributed by atoms with Crippen molar-refractivity contribution in [1.82, 2.24) is 0 Å². The SMILES string of the molecule is C=C[Si](C=C)(C=C)C(C)(CC)O[Si](C)(C=C)C(C)(C)O[Si](C)(C)CCCOCCO. The lowest BCUT2D eigenvalue weighted by molar-refractivity contribution is 0.0856. The van der Waals surface area contributed by atoms with Gasteiger partial charge < -0.3 is 18.7 Å². The quantitative estimate of drug-likeness (QED) is 0.223. The van der Waals surface area contributed by atoms with E-state index >= 15 is 0 Å². The van der Waals surface area contributed by atoms with Crippen LogP contribution in [0, 0.1) is 0 Å². The van der Waals surface area contributed by atoms with Crippen molar-refractivity contribution in [3.8, 4) is 0 Å². The molecule has 0 bridgehead atoms. The van der Waals surface area contributed by atoms with Gasteiger partial charge in [-0.3, -0.25) is 0 Å². The minimum absolute atomic E-state index is 0.0616. The van der Waals surface area contributed by atoms with Crippen LogP contribution >= 0.6 is 0 Å². The highest BCUT2D eigenvalue weighted by Gasteiger charge is 2.54. The number of rotatable bonds is 17. The van der Waals surface area contributed by atoms with E-state index in [0.717, 1.165) is 18.9 Å². The summed E-state index contributed by atoms with van der Waals surface area (Å²) in [5.74, 6) is 0. The van der Waals surface area contributed by atoms with Crippen molar-refractivity contribution < 1.29 is 18.7 Å². The zero-order valence-corrected chi connectivity index (χ0v) is 23.6.